The van der Waals surface area contributed by atoms with E-state index in [0.29, 0.717) is 13.0 Å². The summed E-state index contributed by atoms with van der Waals surface area (Å²) in [6.07, 6.45) is 7.27. The second-order valence-electron chi connectivity index (χ2n) is 7.96. The Labute approximate surface area is 181 Å². The Kier molecular flexibility index (Phi) is 7.10. The summed E-state index contributed by atoms with van der Waals surface area (Å²) in [7, 11) is 0. The number of pyridine rings is 1. The molecule has 0 aromatic carbocycles. The highest BCUT2D eigenvalue weighted by Crippen LogP contribution is 2.26. The van der Waals surface area contributed by atoms with Crippen LogP contribution in [0.5, 0.6) is 0 Å². The zero-order chi connectivity index (χ0) is 21.6. The highest BCUT2D eigenvalue weighted by molar-refractivity contribution is 7.15. The molecule has 3 aromatic heterocycles. The molecule has 0 saturated carbocycles. The van der Waals surface area contributed by atoms with E-state index in [-0.39, 0.29) is 0 Å². The number of carbonyl (C=O) groups is 1. The van der Waals surface area contributed by atoms with E-state index >= 15 is 0 Å². The first-order valence-electron chi connectivity index (χ1n) is 9.94. The normalized spacial score (nSPS) is 11.3. The van der Waals surface area contributed by atoms with Gasteiger partial charge in [0.15, 0.2) is 0 Å². The van der Waals surface area contributed by atoms with E-state index in [4.69, 9.17) is 4.74 Å². The largest absolute Gasteiger partial charge is 0.444 e. The monoisotopic (exact) mass is 425 g/mol. The van der Waals surface area contributed by atoms with Crippen LogP contribution in [0, 0.1) is 6.92 Å². The van der Waals surface area contributed by atoms with Gasteiger partial charge in [0.05, 0.1) is 15.6 Å². The van der Waals surface area contributed by atoms with Gasteiger partial charge < -0.3 is 10.1 Å². The van der Waals surface area contributed by atoms with Gasteiger partial charge in [-0.05, 0) is 64.3 Å². The first-order chi connectivity index (χ1) is 14.3. The molecule has 0 bridgehead atoms. The second kappa shape index (κ2) is 9.75. The molecule has 1 amide bonds. The average Bonchev–Trinajstić information content (AvgIpc) is 3.13. The van der Waals surface area contributed by atoms with E-state index in [2.05, 4.69) is 25.3 Å². The Hall–Kier alpha value is -2.87. The standard InChI is InChI=1S/C22H27N5O2S/c1-15-26-17(6-5-9-24-21(28)29-22(2,3)4)12-18(27-15)13-20-25-14-19(30-20)16-7-10-23-11-8-16/h7-8,10-12,14H,5-6,9,13H2,1-4H3,(H,24,28). The van der Waals surface area contributed by atoms with Crippen molar-refractivity contribution in [1.82, 2.24) is 25.3 Å². The van der Waals surface area contributed by atoms with Crippen LogP contribution in [0.25, 0.3) is 10.4 Å². The topological polar surface area (TPSA) is 89.9 Å². The van der Waals surface area contributed by atoms with Crippen molar-refractivity contribution in [2.24, 2.45) is 0 Å². The number of aryl methyl sites for hydroxylation is 2. The van der Waals surface area contributed by atoms with Gasteiger partial charge in [-0.25, -0.2) is 19.7 Å². The van der Waals surface area contributed by atoms with Gasteiger partial charge in [0.2, 0.25) is 0 Å². The predicted molar refractivity (Wildman–Crippen MR) is 117 cm³/mol. The molecule has 0 saturated heterocycles. The van der Waals surface area contributed by atoms with Crippen molar-refractivity contribution in [2.75, 3.05) is 6.54 Å². The number of hydrogen-bond donors (Lipinski definition) is 1. The zero-order valence-corrected chi connectivity index (χ0v) is 18.6. The molecule has 3 heterocycles. The number of ether oxygens (including phenoxy) is 1. The fraction of sp³-hybridized carbons (Fsp3) is 0.409. The molecule has 0 aliphatic carbocycles. The summed E-state index contributed by atoms with van der Waals surface area (Å²) in [5.74, 6) is 0.744. The number of amides is 1. The van der Waals surface area contributed by atoms with Gasteiger partial charge in [-0.15, -0.1) is 11.3 Å². The number of alkyl carbamates (subject to hydrolysis) is 1. The summed E-state index contributed by atoms with van der Waals surface area (Å²) in [6.45, 7) is 7.98. The molecule has 0 radical (unpaired) electrons. The number of thiazole rings is 1. The summed E-state index contributed by atoms with van der Waals surface area (Å²) < 4.78 is 5.24. The Bertz CT molecular complexity index is 983. The van der Waals surface area contributed by atoms with E-state index in [0.717, 1.165) is 45.5 Å². The lowest BCUT2D eigenvalue weighted by Gasteiger charge is -2.19. The molecular formula is C22H27N5O2S. The van der Waals surface area contributed by atoms with Crippen LogP contribution >= 0.6 is 11.3 Å². The quantitative estimate of drug-likeness (QED) is 0.566. The number of aromatic nitrogens is 4. The summed E-state index contributed by atoms with van der Waals surface area (Å²) in [5, 5.41) is 3.79. The molecule has 30 heavy (non-hydrogen) atoms. The molecule has 3 rings (SSSR count). The lowest BCUT2D eigenvalue weighted by Crippen LogP contribution is -2.33. The van der Waals surface area contributed by atoms with E-state index in [1.54, 1.807) is 23.7 Å². The van der Waals surface area contributed by atoms with Crippen molar-refractivity contribution in [3.05, 3.63) is 59.0 Å². The van der Waals surface area contributed by atoms with Crippen LogP contribution in [0.4, 0.5) is 4.79 Å². The lowest BCUT2D eigenvalue weighted by atomic mass is 10.2. The minimum Gasteiger partial charge on any atom is -0.444 e. The van der Waals surface area contributed by atoms with Crippen molar-refractivity contribution in [3.8, 4) is 10.4 Å². The smallest absolute Gasteiger partial charge is 0.407 e. The lowest BCUT2D eigenvalue weighted by molar-refractivity contribution is 0.0527. The van der Waals surface area contributed by atoms with Crippen LogP contribution in [-0.4, -0.2) is 38.2 Å². The van der Waals surface area contributed by atoms with Crippen molar-refractivity contribution in [3.63, 3.8) is 0 Å². The first-order valence-corrected chi connectivity index (χ1v) is 10.8. The molecule has 1 N–H and O–H groups in total. The van der Waals surface area contributed by atoms with E-state index in [1.165, 1.54) is 0 Å². The Morgan fingerprint density at radius 1 is 1.17 bits per heavy atom. The summed E-state index contributed by atoms with van der Waals surface area (Å²) in [6, 6.07) is 5.99. The number of carbonyl (C=O) groups excluding carboxylic acids is 1. The summed E-state index contributed by atoms with van der Waals surface area (Å²) in [5.41, 5.74) is 2.55. The molecule has 158 valence electrons. The van der Waals surface area contributed by atoms with Crippen molar-refractivity contribution >= 4 is 17.4 Å². The highest BCUT2D eigenvalue weighted by atomic mass is 32.1. The average molecular weight is 426 g/mol. The SMILES string of the molecule is Cc1nc(CCCNC(=O)OC(C)(C)C)cc(Cc2ncc(-c3ccncc3)s2)n1. The third-order valence-corrected chi connectivity index (χ3v) is 5.12. The Balaban J connectivity index is 1.55. The summed E-state index contributed by atoms with van der Waals surface area (Å²) >= 11 is 1.66. The molecule has 0 aliphatic heterocycles. The van der Waals surface area contributed by atoms with Crippen molar-refractivity contribution in [1.29, 1.82) is 0 Å². The molecular weight excluding hydrogens is 398 g/mol. The highest BCUT2D eigenvalue weighted by Gasteiger charge is 2.15. The van der Waals surface area contributed by atoms with Crippen LogP contribution in [0.2, 0.25) is 0 Å². The maximum atomic E-state index is 11.7. The van der Waals surface area contributed by atoms with Crippen molar-refractivity contribution in [2.45, 2.75) is 52.6 Å². The van der Waals surface area contributed by atoms with Crippen LogP contribution in [0.3, 0.4) is 0 Å². The fourth-order valence-corrected chi connectivity index (χ4v) is 3.83. The maximum absolute atomic E-state index is 11.7. The van der Waals surface area contributed by atoms with Crippen molar-refractivity contribution < 1.29 is 9.53 Å². The summed E-state index contributed by atoms with van der Waals surface area (Å²) in [4.78, 5) is 30.5. The molecule has 8 heteroatoms. The molecule has 0 spiro atoms. The molecule has 0 aliphatic rings. The molecule has 0 atom stereocenters. The third-order valence-electron chi connectivity index (χ3n) is 4.07. The Morgan fingerprint density at radius 3 is 2.63 bits per heavy atom. The number of nitrogens with one attached hydrogen (secondary N) is 1. The van der Waals surface area contributed by atoms with Gasteiger partial charge in [-0.3, -0.25) is 4.98 Å². The minimum absolute atomic E-state index is 0.393. The van der Waals surface area contributed by atoms with Gasteiger partial charge in [0.1, 0.15) is 11.4 Å². The van der Waals surface area contributed by atoms with Gasteiger partial charge in [-0.2, -0.15) is 0 Å². The zero-order valence-electron chi connectivity index (χ0n) is 17.8. The molecule has 0 unspecified atom stereocenters. The molecule has 3 aromatic rings. The number of hydrogen-bond acceptors (Lipinski definition) is 7. The molecule has 7 nitrogen and oxygen atoms in total. The van der Waals surface area contributed by atoms with Crippen LogP contribution in [0.15, 0.2) is 36.8 Å². The Morgan fingerprint density at radius 2 is 1.90 bits per heavy atom. The fourth-order valence-electron chi connectivity index (χ4n) is 2.89. The molecule has 0 fully saturated rings. The number of nitrogens with zero attached hydrogens (tertiary/aromatic N) is 4. The second-order valence-corrected chi connectivity index (χ2v) is 9.08. The maximum Gasteiger partial charge on any atom is 0.407 e. The van der Waals surface area contributed by atoms with Crippen LogP contribution in [-0.2, 0) is 17.6 Å². The van der Waals surface area contributed by atoms with E-state index in [1.807, 2.05) is 52.1 Å². The third kappa shape index (κ3) is 6.88. The first kappa shape index (κ1) is 21.8. The van der Waals surface area contributed by atoms with Gasteiger partial charge in [0, 0.05) is 37.3 Å². The van der Waals surface area contributed by atoms with Gasteiger partial charge in [0.25, 0.3) is 0 Å². The van der Waals surface area contributed by atoms with Gasteiger partial charge in [-0.1, -0.05) is 0 Å². The van der Waals surface area contributed by atoms with E-state index in [9.17, 15) is 4.79 Å². The minimum atomic E-state index is -0.490. The van der Waals surface area contributed by atoms with Gasteiger partial charge >= 0.3 is 6.09 Å². The number of rotatable bonds is 7. The van der Waals surface area contributed by atoms with E-state index < -0.39 is 11.7 Å². The predicted octanol–water partition coefficient (Wildman–Crippen LogP) is 4.35. The van der Waals surface area contributed by atoms with Crippen LogP contribution in [0.1, 0.15) is 49.4 Å². The van der Waals surface area contributed by atoms with Crippen LogP contribution < -0.4 is 5.32 Å².